The standard InChI is InChI=1S/C18H19ClN2O2S/c19-14-9-8-12(17(22)20-13-5-2-1-3-6-13)11-15(14)21-18(23)16-7-4-10-24-16/h4,7-11,13H,1-3,5-6H2,(H,20,22)(H,21,23). The first-order chi connectivity index (χ1) is 11.6. The SMILES string of the molecule is O=C(NC1CCCCC1)c1ccc(Cl)c(NC(=O)c2cccs2)c1. The second-order valence-electron chi connectivity index (χ2n) is 5.93. The van der Waals surface area contributed by atoms with E-state index in [1.54, 1.807) is 24.3 Å². The fraction of sp³-hybridized carbons (Fsp3) is 0.333. The van der Waals surface area contributed by atoms with Gasteiger partial charge in [0.15, 0.2) is 0 Å². The third-order valence-corrected chi connectivity index (χ3v) is 5.36. The molecule has 2 N–H and O–H groups in total. The molecule has 0 saturated heterocycles. The van der Waals surface area contributed by atoms with Gasteiger partial charge in [0.05, 0.1) is 15.6 Å². The molecule has 0 spiro atoms. The molecule has 1 aliphatic carbocycles. The van der Waals surface area contributed by atoms with E-state index >= 15 is 0 Å². The van der Waals surface area contributed by atoms with Crippen molar-refractivity contribution < 1.29 is 9.59 Å². The second kappa shape index (κ2) is 7.81. The third-order valence-electron chi connectivity index (χ3n) is 4.16. The first-order valence-electron chi connectivity index (χ1n) is 8.09. The number of carbonyl (C=O) groups excluding carboxylic acids is 2. The fourth-order valence-electron chi connectivity index (χ4n) is 2.87. The van der Waals surface area contributed by atoms with Crippen molar-refractivity contribution in [1.29, 1.82) is 0 Å². The van der Waals surface area contributed by atoms with E-state index in [0.29, 0.717) is 21.2 Å². The van der Waals surface area contributed by atoms with Gasteiger partial charge in [0, 0.05) is 11.6 Å². The largest absolute Gasteiger partial charge is 0.349 e. The van der Waals surface area contributed by atoms with Gasteiger partial charge >= 0.3 is 0 Å². The summed E-state index contributed by atoms with van der Waals surface area (Å²) in [7, 11) is 0. The van der Waals surface area contributed by atoms with Gasteiger partial charge in [0.2, 0.25) is 0 Å². The van der Waals surface area contributed by atoms with Gasteiger partial charge in [-0.2, -0.15) is 0 Å². The second-order valence-corrected chi connectivity index (χ2v) is 7.29. The number of hydrogen-bond acceptors (Lipinski definition) is 3. The van der Waals surface area contributed by atoms with Crippen molar-refractivity contribution in [3.8, 4) is 0 Å². The number of benzene rings is 1. The molecule has 3 rings (SSSR count). The molecule has 0 bridgehead atoms. The topological polar surface area (TPSA) is 58.2 Å². The molecule has 0 radical (unpaired) electrons. The van der Waals surface area contributed by atoms with E-state index < -0.39 is 0 Å². The maximum absolute atomic E-state index is 12.4. The number of hydrogen-bond donors (Lipinski definition) is 2. The van der Waals surface area contributed by atoms with Gasteiger partial charge in [-0.1, -0.05) is 36.9 Å². The fourth-order valence-corrected chi connectivity index (χ4v) is 3.65. The highest BCUT2D eigenvalue weighted by Crippen LogP contribution is 2.25. The molecule has 1 heterocycles. The number of rotatable bonds is 4. The highest BCUT2D eigenvalue weighted by Gasteiger charge is 2.18. The van der Waals surface area contributed by atoms with Crippen molar-refractivity contribution in [2.24, 2.45) is 0 Å². The Morgan fingerprint density at radius 2 is 1.88 bits per heavy atom. The van der Waals surface area contributed by atoms with Crippen LogP contribution in [0.2, 0.25) is 5.02 Å². The van der Waals surface area contributed by atoms with Crippen LogP contribution in [0.15, 0.2) is 35.7 Å². The molecular formula is C18H19ClN2O2S. The van der Waals surface area contributed by atoms with Gasteiger partial charge in [-0.25, -0.2) is 0 Å². The Kier molecular flexibility index (Phi) is 5.53. The van der Waals surface area contributed by atoms with E-state index in [-0.39, 0.29) is 17.9 Å². The Labute approximate surface area is 150 Å². The smallest absolute Gasteiger partial charge is 0.265 e. The Hall–Kier alpha value is -1.85. The van der Waals surface area contributed by atoms with Crippen LogP contribution in [-0.2, 0) is 0 Å². The van der Waals surface area contributed by atoms with Gasteiger partial charge in [0.1, 0.15) is 0 Å². The highest BCUT2D eigenvalue weighted by molar-refractivity contribution is 7.12. The van der Waals surface area contributed by atoms with Gasteiger partial charge in [-0.3, -0.25) is 9.59 Å². The van der Waals surface area contributed by atoms with E-state index in [4.69, 9.17) is 11.6 Å². The summed E-state index contributed by atoms with van der Waals surface area (Å²) in [6, 6.07) is 8.75. The van der Waals surface area contributed by atoms with E-state index in [2.05, 4.69) is 10.6 Å². The molecule has 0 aliphatic heterocycles. The average Bonchev–Trinajstić information content (AvgIpc) is 3.12. The Balaban J connectivity index is 1.70. The summed E-state index contributed by atoms with van der Waals surface area (Å²) in [4.78, 5) is 25.2. The van der Waals surface area contributed by atoms with Crippen LogP contribution in [0.4, 0.5) is 5.69 Å². The Morgan fingerprint density at radius 3 is 2.58 bits per heavy atom. The van der Waals surface area contributed by atoms with Crippen molar-refractivity contribution in [3.05, 3.63) is 51.2 Å². The van der Waals surface area contributed by atoms with Crippen LogP contribution in [-0.4, -0.2) is 17.9 Å². The number of carbonyl (C=O) groups is 2. The van der Waals surface area contributed by atoms with Gasteiger partial charge in [-0.05, 0) is 42.5 Å². The van der Waals surface area contributed by atoms with Crippen LogP contribution in [0.3, 0.4) is 0 Å². The van der Waals surface area contributed by atoms with Crippen molar-refractivity contribution in [2.75, 3.05) is 5.32 Å². The molecule has 1 aromatic heterocycles. The van der Waals surface area contributed by atoms with Crippen molar-refractivity contribution >= 4 is 40.4 Å². The molecule has 1 saturated carbocycles. The predicted octanol–water partition coefficient (Wildman–Crippen LogP) is 4.72. The van der Waals surface area contributed by atoms with Crippen LogP contribution in [0.25, 0.3) is 0 Å². The highest BCUT2D eigenvalue weighted by atomic mass is 35.5. The summed E-state index contributed by atoms with van der Waals surface area (Å²) in [6.45, 7) is 0. The zero-order chi connectivity index (χ0) is 16.9. The van der Waals surface area contributed by atoms with Crippen LogP contribution in [0.5, 0.6) is 0 Å². The monoisotopic (exact) mass is 362 g/mol. The molecule has 24 heavy (non-hydrogen) atoms. The molecule has 1 aromatic carbocycles. The molecular weight excluding hydrogens is 344 g/mol. The molecule has 2 amide bonds. The number of nitrogens with one attached hydrogen (secondary N) is 2. The van der Waals surface area contributed by atoms with Crippen LogP contribution < -0.4 is 10.6 Å². The normalized spacial score (nSPS) is 15.0. The number of anilines is 1. The zero-order valence-corrected chi connectivity index (χ0v) is 14.8. The lowest BCUT2D eigenvalue weighted by atomic mass is 9.95. The van der Waals surface area contributed by atoms with E-state index in [9.17, 15) is 9.59 Å². The summed E-state index contributed by atoms with van der Waals surface area (Å²) in [5, 5.41) is 8.09. The maximum Gasteiger partial charge on any atom is 0.265 e. The minimum atomic E-state index is -0.225. The summed E-state index contributed by atoms with van der Waals surface area (Å²) in [5.41, 5.74) is 0.956. The Morgan fingerprint density at radius 1 is 1.08 bits per heavy atom. The third kappa shape index (κ3) is 4.16. The molecule has 2 aromatic rings. The van der Waals surface area contributed by atoms with E-state index in [0.717, 1.165) is 25.7 Å². The van der Waals surface area contributed by atoms with Gasteiger partial charge < -0.3 is 10.6 Å². The zero-order valence-electron chi connectivity index (χ0n) is 13.2. The summed E-state index contributed by atoms with van der Waals surface area (Å²) < 4.78 is 0. The van der Waals surface area contributed by atoms with E-state index in [1.807, 2.05) is 11.4 Å². The molecule has 4 nitrogen and oxygen atoms in total. The molecule has 1 aliphatic rings. The van der Waals surface area contributed by atoms with Crippen LogP contribution in [0.1, 0.15) is 52.1 Å². The average molecular weight is 363 g/mol. The molecule has 1 fully saturated rings. The number of amides is 2. The van der Waals surface area contributed by atoms with Crippen LogP contribution >= 0.6 is 22.9 Å². The minimum absolute atomic E-state index is 0.120. The van der Waals surface area contributed by atoms with Crippen molar-refractivity contribution in [1.82, 2.24) is 5.32 Å². The lowest BCUT2D eigenvalue weighted by Crippen LogP contribution is -2.36. The first-order valence-corrected chi connectivity index (χ1v) is 9.34. The van der Waals surface area contributed by atoms with E-state index in [1.165, 1.54) is 17.8 Å². The maximum atomic E-state index is 12.4. The lowest BCUT2D eigenvalue weighted by Gasteiger charge is -2.22. The molecule has 126 valence electrons. The van der Waals surface area contributed by atoms with Gasteiger partial charge in [-0.15, -0.1) is 11.3 Å². The summed E-state index contributed by atoms with van der Waals surface area (Å²) >= 11 is 7.51. The number of halogens is 1. The summed E-state index contributed by atoms with van der Waals surface area (Å²) in [5.74, 6) is -0.345. The number of thiophene rings is 1. The van der Waals surface area contributed by atoms with Crippen molar-refractivity contribution in [2.45, 2.75) is 38.1 Å². The molecule has 0 atom stereocenters. The molecule has 0 unspecified atom stereocenters. The van der Waals surface area contributed by atoms with Gasteiger partial charge in [0.25, 0.3) is 11.8 Å². The Bertz CT molecular complexity index is 725. The lowest BCUT2D eigenvalue weighted by molar-refractivity contribution is 0.0926. The quantitative estimate of drug-likeness (QED) is 0.827. The van der Waals surface area contributed by atoms with Crippen LogP contribution in [0, 0.1) is 0 Å². The predicted molar refractivity (Wildman–Crippen MR) is 98.1 cm³/mol. The first kappa shape index (κ1) is 17.0. The summed E-state index contributed by atoms with van der Waals surface area (Å²) in [6.07, 6.45) is 5.62. The minimum Gasteiger partial charge on any atom is -0.349 e. The van der Waals surface area contributed by atoms with Crippen molar-refractivity contribution in [3.63, 3.8) is 0 Å². The molecule has 6 heteroatoms.